The molecular weight excluding hydrogens is 310 g/mol. The molecule has 0 spiro atoms. The van der Waals surface area contributed by atoms with Crippen molar-refractivity contribution in [1.29, 1.82) is 0 Å². The molecule has 23 heavy (non-hydrogen) atoms. The molecule has 5 nitrogen and oxygen atoms in total. The van der Waals surface area contributed by atoms with Gasteiger partial charge in [0, 0.05) is 11.8 Å². The zero-order chi connectivity index (χ0) is 15.6. The van der Waals surface area contributed by atoms with Crippen molar-refractivity contribution in [1.82, 2.24) is 9.78 Å². The predicted molar refractivity (Wildman–Crippen MR) is 88.5 cm³/mol. The van der Waals surface area contributed by atoms with E-state index in [2.05, 4.69) is 10.1 Å². The molecule has 1 aromatic carbocycles. The van der Waals surface area contributed by atoms with Gasteiger partial charge in [0.05, 0.1) is 16.8 Å². The lowest BCUT2D eigenvalue weighted by atomic mass is 10.3. The van der Waals surface area contributed by atoms with Crippen molar-refractivity contribution in [3.63, 3.8) is 0 Å². The fourth-order valence-electron chi connectivity index (χ4n) is 2.21. The number of carbonyl (C=O) groups is 1. The maximum atomic E-state index is 11.9. The number of carbonyl (C=O) groups excluding carboxylic acids is 1. The van der Waals surface area contributed by atoms with Crippen LogP contribution in [0.25, 0.3) is 11.8 Å². The summed E-state index contributed by atoms with van der Waals surface area (Å²) in [6.07, 6.45) is 5.20. The molecule has 0 bridgehead atoms. The number of para-hydroxylation sites is 1. The summed E-state index contributed by atoms with van der Waals surface area (Å²) >= 11 is 1.48. The summed E-state index contributed by atoms with van der Waals surface area (Å²) in [5, 5.41) is 6.21. The first kappa shape index (κ1) is 13.7. The van der Waals surface area contributed by atoms with Gasteiger partial charge in [0.2, 0.25) is 5.90 Å². The lowest BCUT2D eigenvalue weighted by Gasteiger charge is -1.98. The molecule has 0 aliphatic carbocycles. The Kier molecular flexibility index (Phi) is 3.36. The molecule has 0 saturated carbocycles. The molecule has 1 aliphatic heterocycles. The lowest BCUT2D eigenvalue weighted by molar-refractivity contribution is -0.129. The zero-order valence-corrected chi connectivity index (χ0v) is 12.7. The number of rotatable bonds is 3. The zero-order valence-electron chi connectivity index (χ0n) is 11.9. The van der Waals surface area contributed by atoms with Crippen LogP contribution in [0.2, 0.25) is 0 Å². The Morgan fingerprint density at radius 3 is 2.78 bits per heavy atom. The number of ether oxygens (including phenoxy) is 1. The molecule has 0 radical (unpaired) electrons. The van der Waals surface area contributed by atoms with E-state index < -0.39 is 5.97 Å². The first-order valence-corrected chi connectivity index (χ1v) is 7.84. The van der Waals surface area contributed by atoms with Crippen LogP contribution in [0.15, 0.2) is 70.9 Å². The van der Waals surface area contributed by atoms with Crippen LogP contribution in [0, 0.1) is 0 Å². The topological polar surface area (TPSA) is 56.5 Å². The summed E-state index contributed by atoms with van der Waals surface area (Å²) in [6.45, 7) is 0. The molecule has 112 valence electrons. The average Bonchev–Trinajstić information content (AvgIpc) is 3.31. The quantitative estimate of drug-likeness (QED) is 0.549. The van der Waals surface area contributed by atoms with Crippen LogP contribution >= 0.6 is 11.3 Å². The third kappa shape index (κ3) is 2.72. The largest absolute Gasteiger partial charge is 0.401 e. The first-order chi connectivity index (χ1) is 11.3. The Labute approximate surface area is 136 Å². The van der Waals surface area contributed by atoms with Crippen LogP contribution in [0.4, 0.5) is 0 Å². The fraction of sp³-hybridized carbons (Fsp3) is 0. The van der Waals surface area contributed by atoms with E-state index in [4.69, 9.17) is 4.74 Å². The molecule has 0 unspecified atom stereocenters. The Morgan fingerprint density at radius 1 is 1.13 bits per heavy atom. The van der Waals surface area contributed by atoms with Crippen LogP contribution in [0.1, 0.15) is 10.4 Å². The maximum absolute atomic E-state index is 11.9. The number of cyclic esters (lactones) is 1. The van der Waals surface area contributed by atoms with Crippen LogP contribution in [0.3, 0.4) is 0 Å². The molecule has 6 heteroatoms. The summed E-state index contributed by atoms with van der Waals surface area (Å²) < 4.78 is 6.95. The number of benzene rings is 1. The van der Waals surface area contributed by atoms with E-state index in [9.17, 15) is 4.79 Å². The monoisotopic (exact) mass is 321 g/mol. The second-order valence-corrected chi connectivity index (χ2v) is 5.81. The minimum atomic E-state index is -0.444. The van der Waals surface area contributed by atoms with Gasteiger partial charge in [-0.05, 0) is 29.7 Å². The Bertz CT molecular complexity index is 908. The van der Waals surface area contributed by atoms with Gasteiger partial charge < -0.3 is 4.74 Å². The molecule has 2 aromatic heterocycles. The van der Waals surface area contributed by atoms with Crippen molar-refractivity contribution in [2.75, 3.05) is 0 Å². The number of nitrogens with zero attached hydrogens (tertiary/aromatic N) is 3. The normalized spacial score (nSPS) is 15.7. The highest BCUT2D eigenvalue weighted by molar-refractivity contribution is 7.12. The van der Waals surface area contributed by atoms with Crippen molar-refractivity contribution in [2.45, 2.75) is 0 Å². The van der Waals surface area contributed by atoms with E-state index in [1.807, 2.05) is 54.0 Å². The Morgan fingerprint density at radius 2 is 2.00 bits per heavy atom. The number of hydrogen-bond donors (Lipinski definition) is 0. The Balaban J connectivity index is 1.63. The number of aromatic nitrogens is 2. The number of aliphatic imine (C=N–C) groups is 1. The van der Waals surface area contributed by atoms with E-state index in [1.165, 1.54) is 11.3 Å². The van der Waals surface area contributed by atoms with Gasteiger partial charge in [0.15, 0.2) is 5.70 Å². The molecule has 0 amide bonds. The van der Waals surface area contributed by atoms with Gasteiger partial charge in [-0.3, -0.25) is 0 Å². The predicted octanol–water partition coefficient (Wildman–Crippen LogP) is 3.28. The number of esters is 1. The van der Waals surface area contributed by atoms with Gasteiger partial charge >= 0.3 is 5.97 Å². The summed E-state index contributed by atoms with van der Waals surface area (Å²) in [7, 11) is 0. The van der Waals surface area contributed by atoms with Crippen LogP contribution < -0.4 is 0 Å². The van der Waals surface area contributed by atoms with Crippen LogP contribution in [-0.4, -0.2) is 21.6 Å². The van der Waals surface area contributed by atoms with Crippen LogP contribution in [-0.2, 0) is 9.53 Å². The van der Waals surface area contributed by atoms with Gasteiger partial charge in [-0.2, -0.15) is 5.10 Å². The highest BCUT2D eigenvalue weighted by Crippen LogP contribution is 2.21. The van der Waals surface area contributed by atoms with Gasteiger partial charge in [0.1, 0.15) is 0 Å². The van der Waals surface area contributed by atoms with Gasteiger partial charge in [-0.1, -0.05) is 24.3 Å². The third-order valence-electron chi connectivity index (χ3n) is 3.28. The SMILES string of the molecule is O=C1OC(c2cccs2)=NC1=Cc1cnn(-c2ccccc2)c1. The smallest absolute Gasteiger partial charge is 0.363 e. The van der Waals surface area contributed by atoms with Crippen LogP contribution in [0.5, 0.6) is 0 Å². The molecule has 3 heterocycles. The van der Waals surface area contributed by atoms with Crippen molar-refractivity contribution >= 4 is 29.3 Å². The van der Waals surface area contributed by atoms with Crippen molar-refractivity contribution in [2.24, 2.45) is 4.99 Å². The molecule has 3 aromatic rings. The van der Waals surface area contributed by atoms with E-state index in [0.717, 1.165) is 16.1 Å². The number of hydrogen-bond acceptors (Lipinski definition) is 5. The summed E-state index contributed by atoms with van der Waals surface area (Å²) in [5.74, 6) is -0.0902. The second kappa shape index (κ2) is 5.66. The average molecular weight is 321 g/mol. The van der Waals surface area contributed by atoms with Gasteiger partial charge in [-0.15, -0.1) is 11.3 Å². The maximum Gasteiger partial charge on any atom is 0.363 e. The Hall–Kier alpha value is -2.99. The third-order valence-corrected chi connectivity index (χ3v) is 4.14. The summed E-state index contributed by atoms with van der Waals surface area (Å²) in [5.41, 5.74) is 2.02. The van der Waals surface area contributed by atoms with Crippen molar-refractivity contribution in [3.05, 3.63) is 76.4 Å². The minimum Gasteiger partial charge on any atom is -0.401 e. The molecule has 0 saturated heterocycles. The second-order valence-electron chi connectivity index (χ2n) is 4.87. The molecule has 0 atom stereocenters. The molecule has 0 fully saturated rings. The van der Waals surface area contributed by atoms with E-state index in [1.54, 1.807) is 17.0 Å². The van der Waals surface area contributed by atoms with Crippen molar-refractivity contribution in [3.8, 4) is 5.69 Å². The van der Waals surface area contributed by atoms with E-state index >= 15 is 0 Å². The van der Waals surface area contributed by atoms with Crippen molar-refractivity contribution < 1.29 is 9.53 Å². The molecule has 4 rings (SSSR count). The first-order valence-electron chi connectivity index (χ1n) is 6.96. The molecule has 1 aliphatic rings. The fourth-order valence-corrected chi connectivity index (χ4v) is 2.85. The highest BCUT2D eigenvalue weighted by atomic mass is 32.1. The molecular formula is C17H11N3O2S. The highest BCUT2D eigenvalue weighted by Gasteiger charge is 2.24. The van der Waals surface area contributed by atoms with E-state index in [-0.39, 0.29) is 5.70 Å². The summed E-state index contributed by atoms with van der Waals surface area (Å²) in [6, 6.07) is 13.5. The molecule has 0 N–H and O–H groups in total. The summed E-state index contributed by atoms with van der Waals surface area (Å²) in [4.78, 5) is 17.0. The lowest BCUT2D eigenvalue weighted by Crippen LogP contribution is -2.03. The standard InChI is InChI=1S/C17H11N3O2S/c21-17-14(19-16(22-17)15-7-4-8-23-15)9-12-10-18-20(11-12)13-5-2-1-3-6-13/h1-11H. The van der Waals surface area contributed by atoms with Gasteiger partial charge in [0.25, 0.3) is 0 Å². The minimum absolute atomic E-state index is 0.279. The van der Waals surface area contributed by atoms with E-state index in [0.29, 0.717) is 5.90 Å². The number of thiophene rings is 1. The van der Waals surface area contributed by atoms with Gasteiger partial charge in [-0.25, -0.2) is 14.5 Å².